The number of nitrogens with zero attached hydrogens (tertiary/aromatic N) is 4. The zero-order chi connectivity index (χ0) is 34.0. The van der Waals surface area contributed by atoms with E-state index < -0.39 is 16.9 Å². The van der Waals surface area contributed by atoms with Gasteiger partial charge in [-0.2, -0.15) is 0 Å². The Morgan fingerprint density at radius 3 is 2.43 bits per heavy atom. The van der Waals surface area contributed by atoms with Gasteiger partial charge in [0, 0.05) is 60.5 Å². The van der Waals surface area contributed by atoms with Crippen molar-refractivity contribution >= 4 is 17.7 Å². The topological polar surface area (TPSA) is 98.6 Å². The summed E-state index contributed by atoms with van der Waals surface area (Å²) in [5.41, 5.74) is 1.11. The highest BCUT2D eigenvalue weighted by Crippen LogP contribution is 2.55. The highest BCUT2D eigenvalue weighted by atomic mass is 19.3. The molecule has 252 valence electrons. The average molecular weight is 650 g/mol. The molecule has 47 heavy (non-hydrogen) atoms. The van der Waals surface area contributed by atoms with Crippen LogP contribution in [0.25, 0.3) is 0 Å². The van der Waals surface area contributed by atoms with E-state index in [4.69, 9.17) is 9.47 Å². The fourth-order valence-corrected chi connectivity index (χ4v) is 7.14. The zero-order valence-electron chi connectivity index (χ0n) is 28.4. The molecule has 2 fully saturated rings. The second kappa shape index (κ2) is 11.3. The number of fused-ring (bicyclic) bond motifs is 1. The summed E-state index contributed by atoms with van der Waals surface area (Å²) in [5, 5.41) is 11.1. The molecule has 0 atom stereocenters. The van der Waals surface area contributed by atoms with Crippen molar-refractivity contribution < 1.29 is 27.8 Å². The Labute approximate surface area is 275 Å². The Kier molecular flexibility index (Phi) is 7.91. The van der Waals surface area contributed by atoms with Gasteiger partial charge in [-0.15, -0.1) is 10.2 Å². The lowest BCUT2D eigenvalue weighted by Gasteiger charge is -2.48. The fourth-order valence-electron chi connectivity index (χ4n) is 7.14. The first-order valence-electron chi connectivity index (χ1n) is 16.3. The lowest BCUT2D eigenvalue weighted by molar-refractivity contribution is -0.127. The number of aryl methyl sites for hydroxylation is 1. The molecule has 1 aliphatic heterocycles. The molecule has 11 heteroatoms. The van der Waals surface area contributed by atoms with Crippen LogP contribution in [-0.4, -0.2) is 55.3 Å². The molecule has 2 amide bonds. The fraction of sp³-hybridized carbons (Fsp3) is 0.556. The molecule has 0 bridgehead atoms. The Bertz CT molecular complexity index is 1700. The maximum absolute atomic E-state index is 14.4. The summed E-state index contributed by atoms with van der Waals surface area (Å²) in [6, 6.07) is 11.0. The number of hydrogen-bond donors (Lipinski definition) is 1. The van der Waals surface area contributed by atoms with Crippen molar-refractivity contribution in [3.63, 3.8) is 0 Å². The summed E-state index contributed by atoms with van der Waals surface area (Å²) in [5.74, 6) is -2.01. The quantitative estimate of drug-likeness (QED) is 0.275. The number of rotatable bonds is 8. The highest BCUT2D eigenvalue weighted by Gasteiger charge is 2.57. The van der Waals surface area contributed by atoms with Crippen LogP contribution in [0.15, 0.2) is 42.7 Å². The first-order valence-corrected chi connectivity index (χ1v) is 16.3. The van der Waals surface area contributed by atoms with Crippen LogP contribution in [0.1, 0.15) is 107 Å². The molecule has 3 aromatic rings. The molecule has 6 rings (SSSR count). The van der Waals surface area contributed by atoms with Crippen LogP contribution >= 0.6 is 0 Å². The van der Waals surface area contributed by atoms with E-state index in [0.717, 1.165) is 30.4 Å². The summed E-state index contributed by atoms with van der Waals surface area (Å²) >= 11 is 0. The minimum absolute atomic E-state index is 0.281. The Morgan fingerprint density at radius 1 is 1.11 bits per heavy atom. The van der Waals surface area contributed by atoms with Gasteiger partial charge >= 0.3 is 6.09 Å². The largest absolute Gasteiger partial charge is 0.492 e. The normalized spacial score (nSPS) is 19.9. The minimum Gasteiger partial charge on any atom is -0.492 e. The van der Waals surface area contributed by atoms with Gasteiger partial charge in [-0.3, -0.25) is 9.69 Å². The number of ether oxygens (including phenoxy) is 2. The van der Waals surface area contributed by atoms with Gasteiger partial charge in [-0.1, -0.05) is 26.0 Å². The molecule has 9 nitrogen and oxygen atoms in total. The maximum atomic E-state index is 14.4. The number of hydrogen-bond acceptors (Lipinski definition) is 6. The van der Waals surface area contributed by atoms with Gasteiger partial charge in [0.25, 0.3) is 5.91 Å². The third-order valence-corrected chi connectivity index (χ3v) is 9.97. The number of halogens is 2. The van der Waals surface area contributed by atoms with E-state index in [9.17, 15) is 18.4 Å². The van der Waals surface area contributed by atoms with Crippen LogP contribution in [0.2, 0.25) is 0 Å². The predicted molar refractivity (Wildman–Crippen MR) is 174 cm³/mol. The van der Waals surface area contributed by atoms with Crippen LogP contribution in [0.3, 0.4) is 0 Å². The van der Waals surface area contributed by atoms with Crippen LogP contribution in [0, 0.1) is 0 Å². The summed E-state index contributed by atoms with van der Waals surface area (Å²) in [6.07, 6.45) is 3.65. The van der Waals surface area contributed by atoms with Gasteiger partial charge in [0.1, 0.15) is 23.5 Å². The number of carbonyl (C=O) groups excluding carboxylic acids is 2. The number of aromatic nitrogens is 3. The van der Waals surface area contributed by atoms with Gasteiger partial charge in [0.15, 0.2) is 0 Å². The van der Waals surface area contributed by atoms with E-state index in [1.165, 1.54) is 0 Å². The smallest absolute Gasteiger partial charge is 0.411 e. The summed E-state index contributed by atoms with van der Waals surface area (Å²) in [7, 11) is 1.80. The molecule has 0 unspecified atom stereocenters. The SMILES string of the molecule is Cn1cnnc1CC1(c2cccc(NC(=O)c3cc(CN(C(=O)OC(C)(C)C)C4(C)CCC4)cc4c3OCC4(C)C)c2)CC(F)(F)C1. The van der Waals surface area contributed by atoms with E-state index in [1.54, 1.807) is 47.1 Å². The molecule has 0 saturated heterocycles. The first-order chi connectivity index (χ1) is 21.9. The van der Waals surface area contributed by atoms with Crippen molar-refractivity contribution in [3.8, 4) is 5.75 Å². The monoisotopic (exact) mass is 649 g/mol. The lowest BCUT2D eigenvalue weighted by atomic mass is 9.60. The molecular weight excluding hydrogens is 604 g/mol. The van der Waals surface area contributed by atoms with Gasteiger partial charge in [0.2, 0.25) is 5.92 Å². The second-order valence-electron chi connectivity index (χ2n) is 15.7. The summed E-state index contributed by atoms with van der Waals surface area (Å²) in [6.45, 7) is 12.5. The van der Waals surface area contributed by atoms with Crippen molar-refractivity contribution in [2.75, 3.05) is 11.9 Å². The van der Waals surface area contributed by atoms with Gasteiger partial charge in [-0.05, 0) is 82.3 Å². The molecule has 3 aliphatic rings. The number of amides is 2. The lowest BCUT2D eigenvalue weighted by Crippen LogP contribution is -2.54. The van der Waals surface area contributed by atoms with Gasteiger partial charge in [0.05, 0.1) is 12.2 Å². The number of carbonyl (C=O) groups is 2. The number of anilines is 1. The molecule has 1 aromatic heterocycles. The first kappa shape index (κ1) is 32.9. The van der Waals surface area contributed by atoms with Crippen molar-refractivity contribution in [2.45, 2.75) is 115 Å². The van der Waals surface area contributed by atoms with Gasteiger partial charge < -0.3 is 19.4 Å². The molecule has 0 radical (unpaired) electrons. The Balaban J connectivity index is 1.30. The van der Waals surface area contributed by atoms with E-state index >= 15 is 0 Å². The van der Waals surface area contributed by atoms with Crippen LogP contribution in [-0.2, 0) is 35.6 Å². The van der Waals surface area contributed by atoms with Crippen molar-refractivity contribution in [3.05, 3.63) is 70.8 Å². The molecule has 2 saturated carbocycles. The van der Waals surface area contributed by atoms with Crippen molar-refractivity contribution in [2.24, 2.45) is 7.05 Å². The highest BCUT2D eigenvalue weighted by molar-refractivity contribution is 6.07. The number of benzene rings is 2. The molecule has 1 N–H and O–H groups in total. The third kappa shape index (κ3) is 6.45. The molecular formula is C36H45F2N5O4. The van der Waals surface area contributed by atoms with Crippen LogP contribution in [0.5, 0.6) is 5.75 Å². The maximum Gasteiger partial charge on any atom is 0.411 e. The van der Waals surface area contributed by atoms with E-state index in [0.29, 0.717) is 41.4 Å². The number of alkyl halides is 2. The second-order valence-corrected chi connectivity index (χ2v) is 15.7. The van der Waals surface area contributed by atoms with E-state index in [2.05, 4.69) is 36.3 Å². The van der Waals surface area contributed by atoms with Crippen LogP contribution in [0.4, 0.5) is 19.3 Å². The van der Waals surface area contributed by atoms with E-state index in [-0.39, 0.29) is 42.3 Å². The Hall–Kier alpha value is -4.02. The summed E-state index contributed by atoms with van der Waals surface area (Å²) in [4.78, 5) is 29.3. The third-order valence-electron chi connectivity index (χ3n) is 9.97. The standard InChI is InChI=1S/C36H45F2N5O4/c1-32(2,3)47-31(45)43(34(6)12-9-13-34)18-23-14-26(29-27(15-23)33(4,5)21-46-29)30(44)40-25-11-8-10-24(16-25)35(19-36(37,38)20-35)17-28-41-39-22-42(28)7/h8,10-11,14-16,22H,9,12-13,17-21H2,1-7H3,(H,40,44). The molecule has 0 spiro atoms. The average Bonchev–Trinajstić information content (AvgIpc) is 3.49. The van der Waals surface area contributed by atoms with E-state index in [1.807, 2.05) is 32.9 Å². The van der Waals surface area contributed by atoms with Crippen molar-refractivity contribution in [1.29, 1.82) is 0 Å². The molecule has 2 aliphatic carbocycles. The minimum atomic E-state index is -2.77. The predicted octanol–water partition coefficient (Wildman–Crippen LogP) is 7.33. The molecule has 2 heterocycles. The zero-order valence-corrected chi connectivity index (χ0v) is 28.4. The van der Waals surface area contributed by atoms with Crippen molar-refractivity contribution in [1.82, 2.24) is 19.7 Å². The summed E-state index contributed by atoms with van der Waals surface area (Å²) < 4.78 is 42.4. The van der Waals surface area contributed by atoms with Gasteiger partial charge in [-0.25, -0.2) is 13.6 Å². The Morgan fingerprint density at radius 2 is 1.83 bits per heavy atom. The number of nitrogens with one attached hydrogen (secondary N) is 1. The van der Waals surface area contributed by atoms with Crippen LogP contribution < -0.4 is 10.1 Å². The molecule has 2 aromatic carbocycles.